The number of alkyl halides is 3. The summed E-state index contributed by atoms with van der Waals surface area (Å²) in [5, 5.41) is 8.46. The van der Waals surface area contributed by atoms with E-state index in [1.165, 1.54) is 17.3 Å². The lowest BCUT2D eigenvalue weighted by Crippen LogP contribution is -2.50. The number of benzene rings is 2. The topological polar surface area (TPSA) is 88.9 Å². The van der Waals surface area contributed by atoms with Crippen LogP contribution < -0.4 is 16.9 Å². The van der Waals surface area contributed by atoms with Gasteiger partial charge in [-0.05, 0) is 36.4 Å². The molecule has 0 bridgehead atoms. The molecule has 0 spiro atoms. The van der Waals surface area contributed by atoms with Gasteiger partial charge < -0.3 is 15.8 Å². The zero-order chi connectivity index (χ0) is 18.7. The Hall–Kier alpha value is -2.78. The van der Waals surface area contributed by atoms with Crippen molar-refractivity contribution in [2.24, 2.45) is 16.7 Å². The van der Waals surface area contributed by atoms with E-state index >= 15 is 0 Å². The Labute approximate surface area is 148 Å². The summed E-state index contributed by atoms with van der Waals surface area (Å²) in [4.78, 5) is 0. The molecule has 1 fully saturated rings. The molecule has 26 heavy (non-hydrogen) atoms. The van der Waals surface area contributed by atoms with Crippen LogP contribution in [-0.2, 0) is 10.9 Å². The van der Waals surface area contributed by atoms with E-state index in [1.807, 2.05) is 0 Å². The molecule has 0 aliphatic carbocycles. The summed E-state index contributed by atoms with van der Waals surface area (Å²) >= 11 is 0. The largest absolute Gasteiger partial charge is 0.416 e. The van der Waals surface area contributed by atoms with E-state index in [4.69, 9.17) is 16.3 Å². The van der Waals surface area contributed by atoms with Gasteiger partial charge in [-0.15, -0.1) is 5.10 Å². The van der Waals surface area contributed by atoms with Gasteiger partial charge in [-0.2, -0.15) is 13.2 Å². The Bertz CT molecular complexity index is 788. The number of nitrogens with one attached hydrogen (secondary N) is 1. The van der Waals surface area contributed by atoms with Gasteiger partial charge in [0.05, 0.1) is 18.8 Å². The maximum absolute atomic E-state index is 12.7. The molecule has 0 atom stereocenters. The second kappa shape index (κ2) is 7.22. The van der Waals surface area contributed by atoms with Crippen molar-refractivity contribution in [2.45, 2.75) is 12.2 Å². The average molecular weight is 365 g/mol. The molecule has 0 radical (unpaired) electrons. The molecule has 9 heteroatoms. The standard InChI is InChI=1S/C17H18F3N5O/c18-17(19,20)11-5-7-12(8-6-11)23-15-4-2-1-3-14(15)16(21)24-25(22)13-9-26-10-13/h1-8,13,23H,9-10,22H2,(H2,21,24). The van der Waals surface area contributed by atoms with Crippen LogP contribution in [0.1, 0.15) is 11.1 Å². The number of hydrogen-bond donors (Lipinski definition) is 3. The van der Waals surface area contributed by atoms with Crippen molar-refractivity contribution in [3.05, 3.63) is 59.7 Å². The Morgan fingerprint density at radius 3 is 2.35 bits per heavy atom. The Morgan fingerprint density at radius 2 is 1.77 bits per heavy atom. The summed E-state index contributed by atoms with van der Waals surface area (Å²) < 4.78 is 43.0. The van der Waals surface area contributed by atoms with E-state index in [1.54, 1.807) is 24.3 Å². The molecular weight excluding hydrogens is 347 g/mol. The van der Waals surface area contributed by atoms with Gasteiger partial charge in [-0.25, -0.2) is 11.0 Å². The fraction of sp³-hybridized carbons (Fsp3) is 0.235. The molecule has 0 unspecified atom stereocenters. The fourth-order valence-corrected chi connectivity index (χ4v) is 2.35. The Morgan fingerprint density at radius 1 is 1.12 bits per heavy atom. The number of para-hydroxylation sites is 1. The first-order valence-electron chi connectivity index (χ1n) is 7.84. The van der Waals surface area contributed by atoms with Gasteiger partial charge in [0.1, 0.15) is 6.04 Å². The highest BCUT2D eigenvalue weighted by Gasteiger charge is 2.30. The summed E-state index contributed by atoms with van der Waals surface area (Å²) in [6, 6.07) is 11.8. The molecule has 1 saturated heterocycles. The van der Waals surface area contributed by atoms with Crippen LogP contribution in [0.3, 0.4) is 0 Å². The van der Waals surface area contributed by atoms with E-state index < -0.39 is 11.7 Å². The van der Waals surface area contributed by atoms with E-state index in [2.05, 4.69) is 10.4 Å². The molecular formula is C17H18F3N5O. The lowest BCUT2D eigenvalue weighted by atomic mass is 10.1. The van der Waals surface area contributed by atoms with Crippen LogP contribution >= 0.6 is 0 Å². The minimum absolute atomic E-state index is 0.0245. The number of anilines is 2. The van der Waals surface area contributed by atoms with Gasteiger partial charge in [-0.3, -0.25) is 0 Å². The summed E-state index contributed by atoms with van der Waals surface area (Å²) in [5.74, 6) is 6.03. The maximum atomic E-state index is 12.7. The van der Waals surface area contributed by atoms with Crippen LogP contribution in [0.5, 0.6) is 0 Å². The molecule has 2 aromatic rings. The third-order valence-corrected chi connectivity index (χ3v) is 3.91. The molecule has 0 saturated carbocycles. The number of hydrazone groups is 1. The molecule has 0 amide bonds. The van der Waals surface area contributed by atoms with E-state index in [0.717, 1.165) is 12.1 Å². The number of hydrogen-bond acceptors (Lipinski definition) is 5. The first kappa shape index (κ1) is 18.0. The molecule has 1 aliphatic heterocycles. The molecule has 2 aromatic carbocycles. The number of hydrazine groups is 1. The molecule has 6 nitrogen and oxygen atoms in total. The number of nitrogens with zero attached hydrogens (tertiary/aromatic N) is 2. The maximum Gasteiger partial charge on any atom is 0.416 e. The predicted molar refractivity (Wildman–Crippen MR) is 92.5 cm³/mol. The second-order valence-electron chi connectivity index (χ2n) is 5.80. The highest BCUT2D eigenvalue weighted by atomic mass is 19.4. The van der Waals surface area contributed by atoms with Crippen LogP contribution in [0.25, 0.3) is 0 Å². The molecule has 1 heterocycles. The van der Waals surface area contributed by atoms with Gasteiger partial charge in [0.2, 0.25) is 0 Å². The van der Waals surface area contributed by atoms with Gasteiger partial charge in [0.25, 0.3) is 0 Å². The summed E-state index contributed by atoms with van der Waals surface area (Å²) in [5.41, 5.74) is 7.02. The van der Waals surface area contributed by atoms with Crippen LogP contribution in [0.2, 0.25) is 0 Å². The average Bonchev–Trinajstić information content (AvgIpc) is 2.53. The van der Waals surface area contributed by atoms with Crippen LogP contribution in [0.4, 0.5) is 24.5 Å². The van der Waals surface area contributed by atoms with Gasteiger partial charge in [-0.1, -0.05) is 12.1 Å². The van der Waals surface area contributed by atoms with E-state index in [0.29, 0.717) is 30.2 Å². The minimum Gasteiger partial charge on any atom is -0.382 e. The first-order chi connectivity index (χ1) is 12.3. The Balaban J connectivity index is 1.79. The predicted octanol–water partition coefficient (Wildman–Crippen LogP) is 2.64. The van der Waals surface area contributed by atoms with Crippen molar-refractivity contribution < 1.29 is 17.9 Å². The number of halogens is 3. The zero-order valence-electron chi connectivity index (χ0n) is 13.7. The van der Waals surface area contributed by atoms with Crippen molar-refractivity contribution in [2.75, 3.05) is 18.5 Å². The summed E-state index contributed by atoms with van der Waals surface area (Å²) in [6.45, 7) is 0.970. The molecule has 3 rings (SSSR count). The highest BCUT2D eigenvalue weighted by molar-refractivity contribution is 6.02. The smallest absolute Gasteiger partial charge is 0.382 e. The van der Waals surface area contributed by atoms with E-state index in [-0.39, 0.29) is 11.9 Å². The lowest BCUT2D eigenvalue weighted by Gasteiger charge is -2.31. The number of ether oxygens (including phenoxy) is 1. The van der Waals surface area contributed by atoms with Crippen LogP contribution in [-0.4, -0.2) is 30.2 Å². The van der Waals surface area contributed by atoms with Gasteiger partial charge >= 0.3 is 6.18 Å². The number of nitrogens with two attached hydrogens (primary N) is 2. The quantitative estimate of drug-likeness (QED) is 0.328. The SMILES string of the molecule is N/C(=N\N(N)C1COC1)c1ccccc1Nc1ccc(C(F)(F)F)cc1. The number of rotatable bonds is 5. The van der Waals surface area contributed by atoms with Crippen molar-refractivity contribution in [1.29, 1.82) is 0 Å². The van der Waals surface area contributed by atoms with Crippen molar-refractivity contribution in [3.8, 4) is 0 Å². The molecule has 1 aliphatic rings. The fourth-order valence-electron chi connectivity index (χ4n) is 2.35. The van der Waals surface area contributed by atoms with Crippen LogP contribution in [0.15, 0.2) is 53.6 Å². The van der Waals surface area contributed by atoms with Crippen molar-refractivity contribution in [3.63, 3.8) is 0 Å². The van der Waals surface area contributed by atoms with Gasteiger partial charge in [0.15, 0.2) is 5.84 Å². The lowest BCUT2D eigenvalue weighted by molar-refractivity contribution is -0.137. The highest BCUT2D eigenvalue weighted by Crippen LogP contribution is 2.30. The monoisotopic (exact) mass is 365 g/mol. The summed E-state index contributed by atoms with van der Waals surface area (Å²) in [7, 11) is 0. The minimum atomic E-state index is -4.37. The second-order valence-corrected chi connectivity index (χ2v) is 5.80. The van der Waals surface area contributed by atoms with Crippen molar-refractivity contribution in [1.82, 2.24) is 5.12 Å². The van der Waals surface area contributed by atoms with Crippen LogP contribution in [0, 0.1) is 0 Å². The first-order valence-corrected chi connectivity index (χ1v) is 7.84. The third-order valence-electron chi connectivity index (χ3n) is 3.91. The van der Waals surface area contributed by atoms with Crippen molar-refractivity contribution >= 4 is 17.2 Å². The van der Waals surface area contributed by atoms with E-state index in [9.17, 15) is 13.2 Å². The van der Waals surface area contributed by atoms with Gasteiger partial charge in [0, 0.05) is 16.9 Å². The normalized spacial score (nSPS) is 15.5. The Kier molecular flexibility index (Phi) is 5.01. The molecule has 138 valence electrons. The number of amidine groups is 1. The zero-order valence-corrected chi connectivity index (χ0v) is 13.7. The summed E-state index contributed by atoms with van der Waals surface area (Å²) in [6.07, 6.45) is -4.37. The third kappa shape index (κ3) is 4.06. The molecule has 5 N–H and O–H groups in total. The molecule has 0 aromatic heterocycles.